The number of fused-ring (bicyclic) bond motifs is 5. The minimum absolute atomic E-state index is 0.0972. The smallest absolute Gasteiger partial charge is 0.408 e. The number of amides is 4. The third kappa shape index (κ3) is 10.6. The molecule has 4 aliphatic heterocycles. The molecule has 2 aromatic heterocycles. The molecule has 67 heavy (non-hydrogen) atoms. The Hall–Kier alpha value is -4.92. The van der Waals surface area contributed by atoms with E-state index in [1.54, 1.807) is 0 Å². The van der Waals surface area contributed by atoms with Crippen molar-refractivity contribution in [2.75, 3.05) is 13.1 Å². The highest BCUT2D eigenvalue weighted by molar-refractivity contribution is 5.87. The third-order valence-electron chi connectivity index (χ3n) is 14.7. The van der Waals surface area contributed by atoms with E-state index in [9.17, 15) is 19.2 Å². The van der Waals surface area contributed by atoms with Gasteiger partial charge in [0.2, 0.25) is 11.8 Å². The number of benzene rings is 1. The summed E-state index contributed by atoms with van der Waals surface area (Å²) >= 11 is 0. The summed E-state index contributed by atoms with van der Waals surface area (Å²) in [5, 5.41) is 9.73. The minimum Gasteiger partial charge on any atom is -0.444 e. The van der Waals surface area contributed by atoms with Crippen molar-refractivity contribution < 1.29 is 28.7 Å². The van der Waals surface area contributed by atoms with Gasteiger partial charge < -0.3 is 45.2 Å². The molecule has 15 nitrogen and oxygen atoms in total. The fourth-order valence-electron chi connectivity index (χ4n) is 11.7. The Kier molecular flexibility index (Phi) is 13.9. The number of aromatic nitrogens is 4. The number of aromatic amines is 2. The molecular weight excluding hydrogens is 847 g/mol. The first-order valence-corrected chi connectivity index (χ1v) is 25.3. The summed E-state index contributed by atoms with van der Waals surface area (Å²) in [5.41, 5.74) is 6.34. The number of carbonyl (C=O) groups is 4. The van der Waals surface area contributed by atoms with Crippen LogP contribution < -0.4 is 16.0 Å². The van der Waals surface area contributed by atoms with Crippen LogP contribution >= 0.6 is 0 Å². The lowest BCUT2D eigenvalue weighted by atomic mass is 9.75. The maximum absolute atomic E-state index is 14.1. The minimum atomic E-state index is -0.708. The maximum atomic E-state index is 14.1. The van der Waals surface area contributed by atoms with Gasteiger partial charge in [0.15, 0.2) is 0 Å². The molecule has 3 saturated heterocycles. The number of nitrogens with zero attached hydrogens (tertiary/aromatic N) is 4. The molecule has 0 spiro atoms. The number of nitrogens with one attached hydrogen (secondary N) is 5. The molecule has 4 fully saturated rings. The number of ether oxygens (including phenoxy) is 2. The lowest BCUT2D eigenvalue weighted by molar-refractivity contribution is -0.136. The van der Waals surface area contributed by atoms with E-state index in [-0.39, 0.29) is 41.8 Å². The molecule has 7 atom stereocenters. The Bertz CT molecular complexity index is 2280. The summed E-state index contributed by atoms with van der Waals surface area (Å²) in [5.74, 6) is 2.59. The predicted molar refractivity (Wildman–Crippen MR) is 257 cm³/mol. The van der Waals surface area contributed by atoms with Crippen LogP contribution in [-0.4, -0.2) is 90.1 Å². The van der Waals surface area contributed by atoms with Crippen molar-refractivity contribution in [3.63, 3.8) is 0 Å². The van der Waals surface area contributed by atoms with E-state index in [0.29, 0.717) is 36.9 Å². The molecule has 0 radical (unpaired) electrons. The molecule has 3 aromatic rings. The van der Waals surface area contributed by atoms with Gasteiger partial charge in [-0.25, -0.2) is 19.6 Å². The number of likely N-dealkylation sites (tertiary alicyclic amines) is 2. The molecule has 3 unspecified atom stereocenters. The van der Waals surface area contributed by atoms with Gasteiger partial charge in [-0.15, -0.1) is 0 Å². The molecule has 15 heteroatoms. The van der Waals surface area contributed by atoms with Gasteiger partial charge in [0.1, 0.15) is 34.9 Å². The Labute approximate surface area is 397 Å². The highest BCUT2D eigenvalue weighted by Crippen LogP contribution is 2.53. The van der Waals surface area contributed by atoms with Crippen molar-refractivity contribution in [2.45, 2.75) is 200 Å². The van der Waals surface area contributed by atoms with E-state index in [1.807, 2.05) is 91.4 Å². The summed E-state index contributed by atoms with van der Waals surface area (Å²) in [6, 6.07) is 3.51. The first kappa shape index (κ1) is 48.5. The van der Waals surface area contributed by atoms with Crippen LogP contribution in [-0.2, 0) is 19.1 Å². The van der Waals surface area contributed by atoms with Gasteiger partial charge in [0.05, 0.1) is 24.0 Å². The van der Waals surface area contributed by atoms with Crippen molar-refractivity contribution in [1.29, 1.82) is 0 Å². The van der Waals surface area contributed by atoms with Gasteiger partial charge >= 0.3 is 12.2 Å². The second kappa shape index (κ2) is 19.2. The average molecular weight is 924 g/mol. The van der Waals surface area contributed by atoms with E-state index in [2.05, 4.69) is 45.0 Å². The fraction of sp³-hybridized carbons (Fsp3) is 0.692. The molecule has 4 amide bonds. The van der Waals surface area contributed by atoms with Crippen LogP contribution in [0.4, 0.5) is 9.59 Å². The van der Waals surface area contributed by atoms with Crippen LogP contribution in [0.1, 0.15) is 210 Å². The van der Waals surface area contributed by atoms with Crippen LogP contribution in [0.3, 0.4) is 0 Å². The Morgan fingerprint density at radius 2 is 1.16 bits per heavy atom. The predicted octanol–water partition coefficient (Wildman–Crippen LogP) is 9.78. The van der Waals surface area contributed by atoms with Crippen LogP contribution in [0.15, 0.2) is 24.5 Å². The van der Waals surface area contributed by atoms with Crippen molar-refractivity contribution in [3.05, 3.63) is 58.6 Å². The number of hydrogen-bond donors (Lipinski definition) is 5. The number of hydrogen-bond acceptors (Lipinski definition) is 9. The molecule has 6 heterocycles. The molecule has 2 bridgehead atoms. The lowest BCUT2D eigenvalue weighted by Crippen LogP contribution is -2.52. The van der Waals surface area contributed by atoms with Crippen LogP contribution in [0.5, 0.6) is 0 Å². The number of rotatable bonds is 11. The first-order chi connectivity index (χ1) is 31.7. The third-order valence-corrected chi connectivity index (χ3v) is 14.7. The van der Waals surface area contributed by atoms with E-state index in [1.165, 1.54) is 22.3 Å². The second-order valence-corrected chi connectivity index (χ2v) is 22.9. The molecule has 1 saturated carbocycles. The normalized spacial score (nSPS) is 26.1. The van der Waals surface area contributed by atoms with Gasteiger partial charge in [-0.05, 0) is 146 Å². The zero-order chi connectivity index (χ0) is 48.1. The molecule has 1 aliphatic carbocycles. The van der Waals surface area contributed by atoms with E-state index >= 15 is 0 Å². The fourth-order valence-corrected chi connectivity index (χ4v) is 11.7. The van der Waals surface area contributed by atoms with Crippen molar-refractivity contribution in [2.24, 2.45) is 17.8 Å². The van der Waals surface area contributed by atoms with Crippen LogP contribution in [0, 0.1) is 17.8 Å². The standard InChI is InChI=1S/C52H77N9O6/c1-28(2)43(58-49(64)66-51(6,7)8)47(62)60-22-12-14-39(60)45-53-26-37(56-45)32-18-16-31(17-19-32)33-20-21-34(42-36-25-30(5)24-35(55-36)41(33)42)38-27-54-46(57-38)40-15-13-23-61(40)48(63)44(29(3)4)59-50(65)67-52(9,10)11/h20-21,26-32,35-36,39-40,43-44,55H,12-19,22-25H2,1-11H3,(H,53,56)(H,54,57)(H,58,64)(H,59,65)/t30?,31?,32?,35?,36?,39-,40-,43-,44-/m0/s1. The molecule has 366 valence electrons. The van der Waals surface area contributed by atoms with Gasteiger partial charge in [0, 0.05) is 48.5 Å². The number of imidazole rings is 2. The van der Waals surface area contributed by atoms with E-state index in [0.717, 1.165) is 87.2 Å². The summed E-state index contributed by atoms with van der Waals surface area (Å²) in [4.78, 5) is 74.6. The summed E-state index contributed by atoms with van der Waals surface area (Å²) in [7, 11) is 0. The highest BCUT2D eigenvalue weighted by atomic mass is 16.6. The van der Waals surface area contributed by atoms with Crippen LogP contribution in [0.25, 0.3) is 11.3 Å². The van der Waals surface area contributed by atoms with Gasteiger partial charge in [-0.2, -0.15) is 0 Å². The van der Waals surface area contributed by atoms with Crippen molar-refractivity contribution >= 4 is 24.0 Å². The molecule has 5 N–H and O–H groups in total. The van der Waals surface area contributed by atoms with E-state index in [4.69, 9.17) is 19.4 Å². The zero-order valence-electron chi connectivity index (χ0n) is 41.9. The van der Waals surface area contributed by atoms with E-state index < -0.39 is 35.5 Å². The number of piperidine rings is 1. The lowest BCUT2D eigenvalue weighted by Gasteiger charge is -2.31. The largest absolute Gasteiger partial charge is 0.444 e. The highest BCUT2D eigenvalue weighted by Gasteiger charge is 2.43. The summed E-state index contributed by atoms with van der Waals surface area (Å²) < 4.78 is 11.0. The molecule has 1 aromatic carbocycles. The SMILES string of the molecule is CC1CC2NC(C1)c1c(C3CCC(c4cnc([C@@H]5CCCN5C(=O)[C@@H](NC(=O)OC(C)(C)C)C(C)C)[nH]4)CC3)ccc(-c3cnc([C@@H]4CCCN4C(=O)[C@@H](NC(=O)OC(C)(C)C)C(C)C)[nH]3)c12. The van der Waals surface area contributed by atoms with Crippen LogP contribution in [0.2, 0.25) is 0 Å². The molecule has 5 aliphatic rings. The summed E-state index contributed by atoms with van der Waals surface area (Å²) in [6.07, 6.45) is 12.6. The van der Waals surface area contributed by atoms with Crippen molar-refractivity contribution in [1.82, 2.24) is 45.7 Å². The zero-order valence-corrected chi connectivity index (χ0v) is 41.9. The Balaban J connectivity index is 0.959. The monoisotopic (exact) mass is 924 g/mol. The molecule has 8 rings (SSSR count). The van der Waals surface area contributed by atoms with Gasteiger partial charge in [-0.1, -0.05) is 46.8 Å². The summed E-state index contributed by atoms with van der Waals surface area (Å²) in [6.45, 7) is 22.3. The topological polar surface area (TPSA) is 187 Å². The second-order valence-electron chi connectivity index (χ2n) is 22.9. The van der Waals surface area contributed by atoms with Gasteiger partial charge in [0.25, 0.3) is 0 Å². The Morgan fingerprint density at radius 3 is 1.69 bits per heavy atom. The molecular formula is C52H77N9O6. The van der Waals surface area contributed by atoms with Gasteiger partial charge in [-0.3, -0.25) is 9.59 Å². The number of H-pyrrole nitrogens is 2. The quantitative estimate of drug-likeness (QED) is 0.125. The number of alkyl carbamates (subject to hydrolysis) is 2. The average Bonchev–Trinajstić information content (AvgIpc) is 4.10. The Morgan fingerprint density at radius 1 is 0.672 bits per heavy atom. The number of carbonyl (C=O) groups excluding carboxylic acids is 4. The van der Waals surface area contributed by atoms with Crippen molar-refractivity contribution in [3.8, 4) is 11.3 Å². The first-order valence-electron chi connectivity index (χ1n) is 25.3. The maximum Gasteiger partial charge on any atom is 0.408 e.